The van der Waals surface area contributed by atoms with Gasteiger partial charge in [-0.1, -0.05) is 6.92 Å². The second kappa shape index (κ2) is 6.13. The Morgan fingerprint density at radius 3 is 2.40 bits per heavy atom. The zero-order valence-electron chi connectivity index (χ0n) is 5.70. The molecule has 0 radical (unpaired) electrons. The molecule has 1 aromatic carbocycles. The zero-order valence-corrected chi connectivity index (χ0v) is 8.70. The predicted octanol–water partition coefficient (Wildman–Crippen LogP) is -1.44. The molecule has 0 aliphatic rings. The Morgan fingerprint density at radius 1 is 1.50 bits per heavy atom. The first-order valence-corrected chi connectivity index (χ1v) is 2.43. The Morgan fingerprint density at radius 2 is 2.10 bits per heavy atom. The van der Waals surface area contributed by atoms with Crippen LogP contribution < -0.4 is 17.0 Å². The largest absolute Gasteiger partial charge is 2.00 e. The van der Waals surface area contributed by atoms with Crippen LogP contribution in [0.1, 0.15) is 5.56 Å². The number of hydrogen-bond donors (Lipinski definition) is 0. The summed E-state index contributed by atoms with van der Waals surface area (Å²) in [5, 5.41) is 0. The second-order valence-electron chi connectivity index (χ2n) is 1.64. The predicted molar refractivity (Wildman–Crippen MR) is 35.7 cm³/mol. The summed E-state index contributed by atoms with van der Waals surface area (Å²) in [7, 11) is 0. The summed E-state index contributed by atoms with van der Waals surface area (Å²) in [5.74, 6) is -0.187. The van der Waals surface area contributed by atoms with E-state index in [0.717, 1.165) is 0 Å². The van der Waals surface area contributed by atoms with Crippen molar-refractivity contribution in [2.24, 2.45) is 0 Å². The molecular weight excluding hydrogens is 207 g/mol. The van der Waals surface area contributed by atoms with Gasteiger partial charge in [-0.05, 0) is 0 Å². The number of rotatable bonds is 0. The molecule has 0 aliphatic carbocycles. The Hall–Kier alpha value is 0.396. The minimum atomic E-state index is -0.187. The van der Waals surface area contributed by atoms with Crippen molar-refractivity contribution in [1.29, 1.82) is 0 Å². The molecule has 0 spiro atoms. The van der Waals surface area contributed by atoms with Crippen molar-refractivity contribution >= 4 is 23.1 Å². The van der Waals surface area contributed by atoms with E-state index >= 15 is 0 Å². The molecule has 0 saturated carbocycles. The van der Waals surface area contributed by atoms with Crippen molar-refractivity contribution in [2.75, 3.05) is 0 Å². The van der Waals surface area contributed by atoms with E-state index in [1.165, 1.54) is 6.07 Å². The van der Waals surface area contributed by atoms with Crippen LogP contribution in [0.4, 0.5) is 4.39 Å². The van der Waals surface area contributed by atoms with Gasteiger partial charge in [-0.3, -0.25) is 4.39 Å². The molecule has 0 aromatic heterocycles. The molecule has 50 valence electrons. The van der Waals surface area contributed by atoms with Crippen molar-refractivity contribution in [3.63, 3.8) is 0 Å². The Labute approximate surface area is 86.7 Å². The van der Waals surface area contributed by atoms with E-state index in [0.29, 0.717) is 5.56 Å². The minimum absolute atomic E-state index is 0. The third-order valence-electron chi connectivity index (χ3n) is 0.997. The molecule has 0 heterocycles. The van der Waals surface area contributed by atoms with Crippen LogP contribution >= 0.6 is 0 Å². The van der Waals surface area contributed by atoms with Gasteiger partial charge in [0.2, 0.25) is 0 Å². The van der Waals surface area contributed by atoms with Gasteiger partial charge >= 0.3 is 23.1 Å². The number of hydrogen-bond acceptors (Lipinski definition) is 0. The minimum Gasteiger partial charge on any atom is -1.00 e. The van der Waals surface area contributed by atoms with E-state index in [9.17, 15) is 4.39 Å². The first-order chi connectivity index (χ1) is 3.80. The molecule has 1 rings (SSSR count). The maximum atomic E-state index is 12.3. The molecule has 0 bridgehead atoms. The summed E-state index contributed by atoms with van der Waals surface area (Å²) in [5.41, 5.74) is 0.576. The molecule has 3 heteroatoms. The molecule has 0 fully saturated rings. The van der Waals surface area contributed by atoms with Crippen LogP contribution in [0.3, 0.4) is 0 Å². The average Bonchev–Trinajstić information content (AvgIpc) is 1.77. The van der Waals surface area contributed by atoms with Crippen LogP contribution in [0.15, 0.2) is 18.2 Å². The SMILES string of the molecule is Cc1[c-]cccc1F.[Br-].[Mg+2]. The summed E-state index contributed by atoms with van der Waals surface area (Å²) >= 11 is 0. The van der Waals surface area contributed by atoms with Crippen molar-refractivity contribution in [2.45, 2.75) is 6.92 Å². The van der Waals surface area contributed by atoms with Gasteiger partial charge < -0.3 is 17.0 Å². The Balaban J connectivity index is 0. The van der Waals surface area contributed by atoms with E-state index in [4.69, 9.17) is 0 Å². The molecule has 10 heavy (non-hydrogen) atoms. The molecule has 0 N–H and O–H groups in total. The van der Waals surface area contributed by atoms with E-state index in [1.807, 2.05) is 0 Å². The number of benzene rings is 1. The fraction of sp³-hybridized carbons (Fsp3) is 0.143. The van der Waals surface area contributed by atoms with Crippen LogP contribution in [0.2, 0.25) is 0 Å². The molecule has 0 saturated heterocycles. The van der Waals surface area contributed by atoms with Gasteiger partial charge in [-0.15, -0.1) is 11.6 Å². The third kappa shape index (κ3) is 3.54. The smallest absolute Gasteiger partial charge is 1.00 e. The van der Waals surface area contributed by atoms with Gasteiger partial charge in [0.1, 0.15) is 0 Å². The maximum Gasteiger partial charge on any atom is 2.00 e. The summed E-state index contributed by atoms with van der Waals surface area (Å²) in [6, 6.07) is 7.47. The van der Waals surface area contributed by atoms with Crippen molar-refractivity contribution in [3.05, 3.63) is 35.6 Å². The Kier molecular flexibility index (Phi) is 7.98. The summed E-state index contributed by atoms with van der Waals surface area (Å²) in [6.07, 6.45) is 0. The molecule has 0 unspecified atom stereocenters. The van der Waals surface area contributed by atoms with Crippen LogP contribution in [-0.4, -0.2) is 23.1 Å². The molecular formula is C7H6BrFMg. The second-order valence-corrected chi connectivity index (χ2v) is 1.64. The first kappa shape index (κ1) is 13.0. The van der Waals surface area contributed by atoms with Gasteiger partial charge in [-0.25, -0.2) is 0 Å². The molecule has 0 nitrogen and oxygen atoms in total. The molecule has 0 aliphatic heterocycles. The van der Waals surface area contributed by atoms with Gasteiger partial charge in [0.05, 0.1) is 0 Å². The number of aryl methyl sites for hydroxylation is 1. The zero-order chi connectivity index (χ0) is 5.98. The standard InChI is InChI=1S/C7H6F.BrH.Mg/c1-6-4-2-3-5-7(6)8;;/h2-3,5H,1H3;1H;/q-1;;+2/p-1. The van der Waals surface area contributed by atoms with Crippen molar-refractivity contribution in [1.82, 2.24) is 0 Å². The van der Waals surface area contributed by atoms with E-state index in [1.54, 1.807) is 19.1 Å². The maximum absolute atomic E-state index is 12.3. The van der Waals surface area contributed by atoms with E-state index in [2.05, 4.69) is 6.07 Å². The normalized spacial score (nSPS) is 7.40. The van der Waals surface area contributed by atoms with Crippen LogP contribution in [0.5, 0.6) is 0 Å². The number of halogens is 2. The topological polar surface area (TPSA) is 0 Å². The third-order valence-corrected chi connectivity index (χ3v) is 0.997. The van der Waals surface area contributed by atoms with Crippen molar-refractivity contribution < 1.29 is 21.4 Å². The van der Waals surface area contributed by atoms with Gasteiger partial charge in [0.15, 0.2) is 0 Å². The van der Waals surface area contributed by atoms with Crippen LogP contribution in [-0.2, 0) is 0 Å². The quantitative estimate of drug-likeness (QED) is 0.366. The molecule has 1 aromatic rings. The molecule has 0 amide bonds. The monoisotopic (exact) mass is 212 g/mol. The fourth-order valence-corrected chi connectivity index (χ4v) is 0.500. The summed E-state index contributed by atoms with van der Waals surface area (Å²) in [6.45, 7) is 1.69. The van der Waals surface area contributed by atoms with Gasteiger partial charge in [-0.2, -0.15) is 18.2 Å². The summed E-state index contributed by atoms with van der Waals surface area (Å²) < 4.78 is 12.3. The van der Waals surface area contributed by atoms with Crippen LogP contribution in [0.25, 0.3) is 0 Å². The van der Waals surface area contributed by atoms with E-state index < -0.39 is 0 Å². The first-order valence-electron chi connectivity index (χ1n) is 2.43. The van der Waals surface area contributed by atoms with Gasteiger partial charge in [0, 0.05) is 5.82 Å². The Bertz CT molecular complexity index is 170. The fourth-order valence-electron chi connectivity index (χ4n) is 0.500. The average molecular weight is 213 g/mol. The van der Waals surface area contributed by atoms with E-state index in [-0.39, 0.29) is 45.9 Å². The molecule has 0 atom stereocenters. The van der Waals surface area contributed by atoms with Gasteiger partial charge in [0.25, 0.3) is 0 Å². The summed E-state index contributed by atoms with van der Waals surface area (Å²) in [4.78, 5) is 0. The van der Waals surface area contributed by atoms with Crippen LogP contribution in [0, 0.1) is 18.8 Å². The van der Waals surface area contributed by atoms with Crippen molar-refractivity contribution in [3.8, 4) is 0 Å².